The average molecular weight is 357 g/mol. The Morgan fingerprint density at radius 3 is 2.40 bits per heavy atom. The van der Waals surface area contributed by atoms with Crippen molar-refractivity contribution >= 4 is 35.1 Å². The lowest BCUT2D eigenvalue weighted by atomic mass is 10.2. The standard InChI is InChI=1S/C19H19NO4S/c1-13-7-9-15(10-8-13)20-18(22)12-25-17-6-4-3-5-16(17)19(23)24-11-14(2)21/h3-10H,11-12H2,1-2H3,(H,20,22). The lowest BCUT2D eigenvalue weighted by molar-refractivity contribution is -0.120. The Balaban J connectivity index is 1.95. The highest BCUT2D eigenvalue weighted by Crippen LogP contribution is 2.23. The molecule has 2 aromatic carbocycles. The quantitative estimate of drug-likeness (QED) is 0.607. The fraction of sp³-hybridized carbons (Fsp3) is 0.211. The van der Waals surface area contributed by atoms with Crippen LogP contribution in [0.2, 0.25) is 0 Å². The molecule has 2 rings (SSSR count). The number of nitrogens with one attached hydrogen (secondary N) is 1. The zero-order chi connectivity index (χ0) is 18.2. The zero-order valence-corrected chi connectivity index (χ0v) is 14.9. The van der Waals surface area contributed by atoms with Gasteiger partial charge >= 0.3 is 5.97 Å². The van der Waals surface area contributed by atoms with Gasteiger partial charge in [-0.2, -0.15) is 0 Å². The van der Waals surface area contributed by atoms with Crippen LogP contribution in [0, 0.1) is 6.92 Å². The highest BCUT2D eigenvalue weighted by atomic mass is 32.2. The molecule has 0 fully saturated rings. The van der Waals surface area contributed by atoms with E-state index in [4.69, 9.17) is 4.74 Å². The molecule has 130 valence electrons. The number of anilines is 1. The maximum atomic E-state index is 12.1. The van der Waals surface area contributed by atoms with Gasteiger partial charge in [-0.05, 0) is 38.1 Å². The van der Waals surface area contributed by atoms with E-state index in [-0.39, 0.29) is 24.1 Å². The molecular formula is C19H19NO4S. The number of benzene rings is 2. The molecule has 0 spiro atoms. The van der Waals surface area contributed by atoms with Crippen molar-refractivity contribution in [3.8, 4) is 0 Å². The lowest BCUT2D eigenvalue weighted by Gasteiger charge is -2.09. The van der Waals surface area contributed by atoms with E-state index in [0.717, 1.165) is 11.3 Å². The third kappa shape index (κ3) is 6.08. The van der Waals surface area contributed by atoms with Crippen LogP contribution in [-0.4, -0.2) is 30.0 Å². The Morgan fingerprint density at radius 1 is 1.04 bits per heavy atom. The number of hydrogen-bond donors (Lipinski definition) is 1. The highest BCUT2D eigenvalue weighted by molar-refractivity contribution is 8.00. The molecule has 1 N–H and O–H groups in total. The summed E-state index contributed by atoms with van der Waals surface area (Å²) in [7, 11) is 0. The van der Waals surface area contributed by atoms with Crippen LogP contribution in [0.5, 0.6) is 0 Å². The minimum atomic E-state index is -0.572. The van der Waals surface area contributed by atoms with Crippen LogP contribution in [0.15, 0.2) is 53.4 Å². The molecule has 0 bridgehead atoms. The number of ketones is 1. The van der Waals surface area contributed by atoms with Gasteiger partial charge in [-0.25, -0.2) is 4.79 Å². The van der Waals surface area contributed by atoms with Crippen molar-refractivity contribution in [1.82, 2.24) is 0 Å². The van der Waals surface area contributed by atoms with Gasteiger partial charge in [0.15, 0.2) is 5.78 Å². The number of hydrogen-bond acceptors (Lipinski definition) is 5. The topological polar surface area (TPSA) is 72.5 Å². The monoisotopic (exact) mass is 357 g/mol. The smallest absolute Gasteiger partial charge is 0.339 e. The van der Waals surface area contributed by atoms with Crippen molar-refractivity contribution in [2.45, 2.75) is 18.7 Å². The van der Waals surface area contributed by atoms with Crippen LogP contribution in [-0.2, 0) is 14.3 Å². The molecule has 25 heavy (non-hydrogen) atoms. The van der Waals surface area contributed by atoms with Gasteiger partial charge in [-0.15, -0.1) is 11.8 Å². The molecule has 0 aliphatic heterocycles. The van der Waals surface area contributed by atoms with Gasteiger partial charge in [-0.3, -0.25) is 9.59 Å². The molecule has 0 aliphatic carbocycles. The highest BCUT2D eigenvalue weighted by Gasteiger charge is 2.14. The number of aryl methyl sites for hydroxylation is 1. The van der Waals surface area contributed by atoms with Crippen LogP contribution in [0.3, 0.4) is 0 Å². The van der Waals surface area contributed by atoms with Gasteiger partial charge in [0.1, 0.15) is 6.61 Å². The fourth-order valence-electron chi connectivity index (χ4n) is 1.98. The van der Waals surface area contributed by atoms with Crippen molar-refractivity contribution in [2.24, 2.45) is 0 Å². The van der Waals surface area contributed by atoms with E-state index in [0.29, 0.717) is 10.5 Å². The van der Waals surface area contributed by atoms with Crippen LogP contribution in [0.25, 0.3) is 0 Å². The number of ether oxygens (including phenoxy) is 1. The number of amides is 1. The van der Waals surface area contributed by atoms with Gasteiger partial charge in [0.05, 0.1) is 11.3 Å². The number of carbonyl (C=O) groups excluding carboxylic acids is 3. The number of rotatable bonds is 7. The molecule has 0 aliphatic rings. The molecule has 6 heteroatoms. The minimum absolute atomic E-state index is 0.158. The van der Waals surface area contributed by atoms with Crippen molar-refractivity contribution in [1.29, 1.82) is 0 Å². The second-order valence-corrected chi connectivity index (χ2v) is 6.49. The fourth-order valence-corrected chi connectivity index (χ4v) is 2.82. The Labute approximate surface area is 150 Å². The molecular weight excluding hydrogens is 338 g/mol. The third-order valence-corrected chi connectivity index (χ3v) is 4.28. The first kappa shape index (κ1) is 18.7. The van der Waals surface area contributed by atoms with Gasteiger partial charge in [0.25, 0.3) is 0 Å². The molecule has 5 nitrogen and oxygen atoms in total. The Morgan fingerprint density at radius 2 is 1.72 bits per heavy atom. The predicted octanol–water partition coefficient (Wildman–Crippen LogP) is 3.47. The molecule has 0 unspecified atom stereocenters. The van der Waals surface area contributed by atoms with Crippen molar-refractivity contribution in [2.75, 3.05) is 17.7 Å². The number of carbonyl (C=O) groups is 3. The summed E-state index contributed by atoms with van der Waals surface area (Å²) in [5.74, 6) is -0.806. The Bertz CT molecular complexity index is 771. The zero-order valence-electron chi connectivity index (χ0n) is 14.1. The summed E-state index contributed by atoms with van der Waals surface area (Å²) in [6.45, 7) is 3.07. The summed E-state index contributed by atoms with van der Waals surface area (Å²) in [5, 5.41) is 2.81. The predicted molar refractivity (Wildman–Crippen MR) is 97.9 cm³/mol. The first-order chi connectivity index (χ1) is 12.0. The normalized spacial score (nSPS) is 10.2. The van der Waals surface area contributed by atoms with Crippen molar-refractivity contribution in [3.05, 3.63) is 59.7 Å². The molecule has 0 atom stereocenters. The molecule has 2 aromatic rings. The molecule has 0 saturated heterocycles. The second kappa shape index (κ2) is 9.03. The average Bonchev–Trinajstić information content (AvgIpc) is 2.60. The van der Waals surface area contributed by atoms with Crippen LogP contribution in [0.1, 0.15) is 22.8 Å². The van der Waals surface area contributed by atoms with Crippen molar-refractivity contribution < 1.29 is 19.1 Å². The summed E-state index contributed by atoms with van der Waals surface area (Å²) in [6, 6.07) is 14.4. The molecule has 0 radical (unpaired) electrons. The van der Waals surface area contributed by atoms with Crippen LogP contribution in [0.4, 0.5) is 5.69 Å². The largest absolute Gasteiger partial charge is 0.454 e. The van der Waals surface area contributed by atoms with Gasteiger partial charge in [-0.1, -0.05) is 29.8 Å². The van der Waals surface area contributed by atoms with E-state index in [1.165, 1.54) is 18.7 Å². The number of Topliss-reactive ketones (excluding diaryl/α,β-unsaturated/α-hetero) is 1. The number of thioether (sulfide) groups is 1. The van der Waals surface area contributed by atoms with Crippen LogP contribution >= 0.6 is 11.8 Å². The van der Waals surface area contributed by atoms with Gasteiger partial charge in [0, 0.05) is 10.6 Å². The maximum absolute atomic E-state index is 12.1. The van der Waals surface area contributed by atoms with E-state index >= 15 is 0 Å². The molecule has 0 saturated carbocycles. The summed E-state index contributed by atoms with van der Waals surface area (Å²) in [6.07, 6.45) is 0. The minimum Gasteiger partial charge on any atom is -0.454 e. The SMILES string of the molecule is CC(=O)COC(=O)c1ccccc1SCC(=O)Nc1ccc(C)cc1. The first-order valence-corrected chi connectivity index (χ1v) is 8.69. The second-order valence-electron chi connectivity index (χ2n) is 5.48. The lowest BCUT2D eigenvalue weighted by Crippen LogP contribution is -2.15. The van der Waals surface area contributed by atoms with Crippen molar-refractivity contribution in [3.63, 3.8) is 0 Å². The van der Waals surface area contributed by atoms with E-state index in [2.05, 4.69) is 5.32 Å². The Kier molecular flexibility index (Phi) is 6.77. The van der Waals surface area contributed by atoms with Gasteiger partial charge in [0.2, 0.25) is 5.91 Å². The molecule has 1 amide bonds. The van der Waals surface area contributed by atoms with E-state index in [1.807, 2.05) is 31.2 Å². The van der Waals surface area contributed by atoms with E-state index in [1.54, 1.807) is 24.3 Å². The summed E-state index contributed by atoms with van der Waals surface area (Å²) in [5.41, 5.74) is 2.19. The third-order valence-electron chi connectivity index (χ3n) is 3.21. The summed E-state index contributed by atoms with van der Waals surface area (Å²) in [4.78, 5) is 35.7. The maximum Gasteiger partial charge on any atom is 0.339 e. The first-order valence-electron chi connectivity index (χ1n) is 7.70. The summed E-state index contributed by atoms with van der Waals surface area (Å²) < 4.78 is 4.94. The van der Waals surface area contributed by atoms with Crippen LogP contribution < -0.4 is 5.32 Å². The summed E-state index contributed by atoms with van der Waals surface area (Å²) >= 11 is 1.24. The van der Waals surface area contributed by atoms with Gasteiger partial charge < -0.3 is 10.1 Å². The molecule has 0 aromatic heterocycles. The number of esters is 1. The Hall–Kier alpha value is -2.60. The van der Waals surface area contributed by atoms with E-state index in [9.17, 15) is 14.4 Å². The molecule has 0 heterocycles. The van der Waals surface area contributed by atoms with E-state index < -0.39 is 5.97 Å².